The molecule has 5 aliphatic heterocycles. The standard InChI is InChI=1S/C32H37N13O10S3/c1-32(2,29(52)53)55-39-17(22-38-30(35)58-40-22)16(46)6-14-23(47)44-18-13(11-56-26(14)44)8-43(24(18)48)20-25(49)45-19(28(50)51)12(10-57-27(20)45)7-42-9-15(21(34)41(42)3)37-31(54)36-5-4-33/h9,14,20,26-27,34H,4-8,10-11,33H2,1-3H3,(H6,35,36,37,38,40,50,51,52,53,54)/p+1/b39-17+/t14-,20-,26-,27-/m1/s1. The number of fused-ring (bicyclic) bond motifs is 3. The Labute approximate surface area is 340 Å². The second kappa shape index (κ2) is 15.2. The molecule has 0 bridgehead atoms. The van der Waals surface area contributed by atoms with Gasteiger partial charge >= 0.3 is 18.0 Å². The van der Waals surface area contributed by atoms with Crippen LogP contribution in [0.3, 0.4) is 0 Å². The highest BCUT2D eigenvalue weighted by Crippen LogP contribution is 2.50. The van der Waals surface area contributed by atoms with Crippen molar-refractivity contribution in [3.05, 3.63) is 34.6 Å². The minimum Gasteiger partial charge on any atom is -0.478 e. The molecule has 26 heteroatoms. The van der Waals surface area contributed by atoms with E-state index in [-0.39, 0.29) is 72.2 Å². The third kappa shape index (κ3) is 6.87. The first-order valence-electron chi connectivity index (χ1n) is 17.5. The van der Waals surface area contributed by atoms with Gasteiger partial charge < -0.3 is 42.5 Å². The number of carboxylic acid groups (broad SMARTS) is 2. The number of carbonyl (C=O) groups is 7. The molecule has 2 aromatic rings. The van der Waals surface area contributed by atoms with Gasteiger partial charge in [-0.2, -0.15) is 9.36 Å². The molecule has 0 saturated carbocycles. The van der Waals surface area contributed by atoms with Crippen molar-refractivity contribution < 1.29 is 53.3 Å². The fourth-order valence-corrected chi connectivity index (χ4v) is 10.2. The number of hydrogen-bond donors (Lipinski definition) is 7. The van der Waals surface area contributed by atoms with Crippen LogP contribution in [0.4, 0.5) is 21.4 Å². The number of nitrogen functional groups attached to an aromatic ring is 2. The van der Waals surface area contributed by atoms with Crippen LogP contribution in [0.2, 0.25) is 0 Å². The molecular weight excluding hydrogens is 823 g/mol. The van der Waals surface area contributed by atoms with Crippen LogP contribution in [0, 0.1) is 5.92 Å². The Kier molecular flexibility index (Phi) is 10.6. The number of thioether (sulfide) groups is 2. The van der Waals surface area contributed by atoms with Crippen LogP contribution in [0.1, 0.15) is 26.1 Å². The van der Waals surface area contributed by atoms with E-state index in [0.29, 0.717) is 16.9 Å². The summed E-state index contributed by atoms with van der Waals surface area (Å²) in [5.41, 5.74) is 16.3. The Morgan fingerprint density at radius 3 is 2.47 bits per heavy atom. The minimum absolute atomic E-state index is 0.0204. The zero-order chi connectivity index (χ0) is 42.0. The van der Waals surface area contributed by atoms with Crippen molar-refractivity contribution >= 4 is 98.9 Å². The molecule has 0 aromatic carbocycles. The van der Waals surface area contributed by atoms with Crippen LogP contribution in [0.25, 0.3) is 0 Å². The minimum atomic E-state index is -1.81. The number of anilines is 3. The molecule has 5 aliphatic rings. The summed E-state index contributed by atoms with van der Waals surface area (Å²) < 4.78 is 7.13. The van der Waals surface area contributed by atoms with Gasteiger partial charge in [-0.3, -0.25) is 34.3 Å². The Morgan fingerprint density at radius 2 is 1.81 bits per heavy atom. The zero-order valence-corrected chi connectivity index (χ0v) is 33.5. The van der Waals surface area contributed by atoms with Gasteiger partial charge in [0.05, 0.1) is 18.3 Å². The molecule has 4 atom stereocenters. The average Bonchev–Trinajstić information content (AvgIpc) is 3.82. The first-order valence-corrected chi connectivity index (χ1v) is 20.4. The quantitative estimate of drug-likeness (QED) is 0.0463. The van der Waals surface area contributed by atoms with E-state index in [1.807, 2.05) is 0 Å². The summed E-state index contributed by atoms with van der Waals surface area (Å²) in [6.45, 7) is 3.02. The van der Waals surface area contributed by atoms with E-state index in [4.69, 9.17) is 22.0 Å². The molecule has 0 spiro atoms. The molecular formula is C32H38N13O10S3+. The van der Waals surface area contributed by atoms with Crippen LogP contribution >= 0.6 is 35.1 Å². The molecule has 0 aliphatic carbocycles. The second-order valence-electron chi connectivity index (χ2n) is 14.2. The highest BCUT2D eigenvalue weighted by Gasteiger charge is 2.62. The number of oxime groups is 1. The van der Waals surface area contributed by atoms with Gasteiger partial charge in [0.25, 0.3) is 11.8 Å². The van der Waals surface area contributed by atoms with Gasteiger partial charge in [-0.25, -0.2) is 14.4 Å². The number of nitrogens with two attached hydrogens (primary N) is 3. The van der Waals surface area contributed by atoms with Crippen molar-refractivity contribution in [2.45, 2.75) is 49.2 Å². The van der Waals surface area contributed by atoms with Gasteiger partial charge in [0, 0.05) is 54.7 Å². The highest BCUT2D eigenvalue weighted by molar-refractivity contribution is 8.00. The lowest BCUT2D eigenvalue weighted by atomic mass is 9.89. The van der Waals surface area contributed by atoms with Crippen LogP contribution in [-0.2, 0) is 47.2 Å². The monoisotopic (exact) mass is 860 g/mol. The van der Waals surface area contributed by atoms with Gasteiger partial charge in [0.2, 0.25) is 23.5 Å². The molecule has 7 heterocycles. The van der Waals surface area contributed by atoms with E-state index in [1.54, 1.807) is 17.9 Å². The summed E-state index contributed by atoms with van der Waals surface area (Å²) in [4.78, 5) is 104. The molecule has 2 aromatic heterocycles. The number of aromatic nitrogens is 4. The van der Waals surface area contributed by atoms with E-state index in [9.17, 15) is 43.8 Å². The first-order chi connectivity index (χ1) is 27.4. The smallest absolute Gasteiger partial charge is 0.352 e. The summed E-state index contributed by atoms with van der Waals surface area (Å²) in [5, 5.41) is 27.4. The largest absolute Gasteiger partial charge is 0.478 e. The fourth-order valence-electron chi connectivity index (χ4n) is 6.97. The number of Topliss-reactive ketones (excluding diaryl/α,β-unsaturated/α-hetero) is 1. The molecule has 10 N–H and O–H groups in total. The lowest BCUT2D eigenvalue weighted by molar-refractivity contribution is -0.765. The Hall–Kier alpha value is -5.73. The number of nitrogens with one attached hydrogen (secondary N) is 2. The predicted octanol–water partition coefficient (Wildman–Crippen LogP) is -2.10. The van der Waals surface area contributed by atoms with E-state index < -0.39 is 75.5 Å². The van der Waals surface area contributed by atoms with Crippen molar-refractivity contribution in [1.29, 1.82) is 0 Å². The maximum atomic E-state index is 14.0. The van der Waals surface area contributed by atoms with Crippen molar-refractivity contribution in [2.75, 3.05) is 47.9 Å². The number of carboxylic acids is 2. The number of rotatable bonds is 14. The lowest BCUT2D eigenvalue weighted by Crippen LogP contribution is -2.71. The molecule has 58 heavy (non-hydrogen) atoms. The number of β-lactam (4-membered cyclic amide) rings is 2. The van der Waals surface area contributed by atoms with E-state index in [1.165, 1.54) is 56.8 Å². The Morgan fingerprint density at radius 1 is 1.09 bits per heavy atom. The number of ketones is 1. The highest BCUT2D eigenvalue weighted by atomic mass is 32.2. The Bertz CT molecular complexity index is 2270. The van der Waals surface area contributed by atoms with E-state index in [0.717, 1.165) is 11.5 Å². The topological polar surface area (TPSA) is 328 Å². The van der Waals surface area contributed by atoms with Crippen molar-refractivity contribution in [1.82, 2.24) is 34.1 Å². The van der Waals surface area contributed by atoms with Gasteiger partial charge in [0.1, 0.15) is 22.8 Å². The number of aliphatic carboxylic acids is 2. The number of urea groups is 1. The van der Waals surface area contributed by atoms with E-state index >= 15 is 0 Å². The summed E-state index contributed by atoms with van der Waals surface area (Å²) in [7, 11) is 1.63. The van der Waals surface area contributed by atoms with Crippen molar-refractivity contribution in [3.63, 3.8) is 0 Å². The summed E-state index contributed by atoms with van der Waals surface area (Å²) in [5.74, 6) is -5.37. The third-order valence-electron chi connectivity index (χ3n) is 10.1. The fraction of sp³-hybridized carbons (Fsp3) is 0.469. The third-order valence-corrected chi connectivity index (χ3v) is 13.3. The molecule has 2 fully saturated rings. The Balaban J connectivity index is 1.04. The summed E-state index contributed by atoms with van der Waals surface area (Å²) in [6, 6.07) is -1.52. The molecule has 308 valence electrons. The van der Waals surface area contributed by atoms with Crippen LogP contribution in [0.15, 0.2) is 33.9 Å². The number of hydrogen-bond acceptors (Lipinski definition) is 17. The molecule has 2 saturated heterocycles. The summed E-state index contributed by atoms with van der Waals surface area (Å²) >= 11 is 3.42. The first kappa shape index (κ1) is 40.5. The van der Waals surface area contributed by atoms with Crippen LogP contribution in [0.5, 0.6) is 0 Å². The maximum Gasteiger partial charge on any atom is 0.352 e. The maximum absolute atomic E-state index is 14.0. The van der Waals surface area contributed by atoms with Crippen LogP contribution < -0.4 is 32.5 Å². The molecule has 7 rings (SSSR count). The van der Waals surface area contributed by atoms with Crippen molar-refractivity contribution in [2.24, 2.45) is 23.9 Å². The van der Waals surface area contributed by atoms with Crippen LogP contribution in [-0.4, -0.2) is 140 Å². The molecule has 0 radical (unpaired) electrons. The molecule has 0 unspecified atom stereocenters. The number of amides is 5. The predicted molar refractivity (Wildman–Crippen MR) is 206 cm³/mol. The summed E-state index contributed by atoms with van der Waals surface area (Å²) in [6.07, 6.45) is 1.17. The SMILES string of the molecule is Cn1c(N)c(NC(=O)NCCN)c[n+]1CC1=C(C(=O)O)N2C(=O)[C@@H](N3CC4=C(C3=O)N3C(=O)[C@@H](CC(=O)/C(=N\OC(C)(C)C(=O)O)c5nsc(N)n5)[C@H]3SC4)[C@H]2SC1. The average molecular weight is 861 g/mol. The van der Waals surface area contributed by atoms with Gasteiger partial charge in [-0.1, -0.05) is 5.16 Å². The molecule has 23 nitrogen and oxygen atoms in total. The lowest BCUT2D eigenvalue weighted by Gasteiger charge is -2.52. The molecule has 5 amide bonds. The van der Waals surface area contributed by atoms with Gasteiger partial charge in [-0.15, -0.1) is 32.9 Å². The second-order valence-corrected chi connectivity index (χ2v) is 17.2. The van der Waals surface area contributed by atoms with Gasteiger partial charge in [-0.05, 0) is 19.4 Å². The van der Waals surface area contributed by atoms with E-state index in [2.05, 4.69) is 25.1 Å². The number of carbonyl (C=O) groups excluding carboxylic acids is 5. The van der Waals surface area contributed by atoms with Crippen molar-refractivity contribution in [3.8, 4) is 0 Å². The zero-order valence-electron chi connectivity index (χ0n) is 31.0. The van der Waals surface area contributed by atoms with Gasteiger partial charge in [0.15, 0.2) is 34.7 Å². The number of nitrogens with zero attached hydrogens (tertiary/aromatic N) is 8. The normalized spacial score (nSPS) is 22.9.